The molecule has 0 saturated heterocycles. The van der Waals surface area contributed by atoms with Crippen LogP contribution in [0, 0.1) is 13.8 Å². The number of rotatable bonds is 6. The zero-order valence-electron chi connectivity index (χ0n) is 15.1. The Morgan fingerprint density at radius 3 is 2.69 bits per heavy atom. The van der Waals surface area contributed by atoms with Gasteiger partial charge in [0.1, 0.15) is 0 Å². The predicted octanol–water partition coefficient (Wildman–Crippen LogP) is 5.18. The average molecular weight is 366 g/mol. The second-order valence-corrected chi connectivity index (χ2v) is 7.18. The number of nitrogens with one attached hydrogen (secondary N) is 2. The summed E-state index contributed by atoms with van der Waals surface area (Å²) >= 11 is 1.44. The molecule has 1 aromatic heterocycles. The number of carbonyl (C=O) groups excluding carboxylic acids is 1. The first kappa shape index (κ1) is 18.1. The van der Waals surface area contributed by atoms with Crippen LogP contribution < -0.4 is 10.6 Å². The van der Waals surface area contributed by atoms with Gasteiger partial charge in [-0.25, -0.2) is 9.78 Å². The third-order valence-corrected chi connectivity index (χ3v) is 4.91. The van der Waals surface area contributed by atoms with Crippen molar-refractivity contribution < 1.29 is 4.79 Å². The van der Waals surface area contributed by atoms with Crippen molar-refractivity contribution in [2.24, 2.45) is 0 Å². The molecular formula is C21H23N3OS. The van der Waals surface area contributed by atoms with E-state index in [1.54, 1.807) is 0 Å². The topological polar surface area (TPSA) is 54.0 Å². The summed E-state index contributed by atoms with van der Waals surface area (Å²) in [6.07, 6.45) is 1.86. The second kappa shape index (κ2) is 8.63. The Balaban J connectivity index is 1.48. The summed E-state index contributed by atoms with van der Waals surface area (Å²) in [6.45, 7) is 4.79. The van der Waals surface area contributed by atoms with Gasteiger partial charge in [-0.3, -0.25) is 5.32 Å². The van der Waals surface area contributed by atoms with Crippen LogP contribution in [0.25, 0.3) is 11.3 Å². The fourth-order valence-corrected chi connectivity index (χ4v) is 3.54. The standard InChI is InChI=1S/C21H23N3OS/c1-15-10-11-18(16(2)13-15)19-14-26-21(23-19)24-20(25)22-12-6-9-17-7-4-3-5-8-17/h3-5,7-8,10-11,13-14H,6,9,12H2,1-2H3,(H2,22,23,24,25). The highest BCUT2D eigenvalue weighted by Crippen LogP contribution is 2.27. The van der Waals surface area contributed by atoms with E-state index in [9.17, 15) is 4.79 Å². The zero-order valence-corrected chi connectivity index (χ0v) is 15.9. The molecule has 0 aliphatic carbocycles. The molecule has 0 atom stereocenters. The molecule has 0 aliphatic rings. The van der Waals surface area contributed by atoms with Gasteiger partial charge in [-0.05, 0) is 37.8 Å². The third kappa shape index (κ3) is 4.92. The maximum Gasteiger partial charge on any atom is 0.321 e. The van der Waals surface area contributed by atoms with E-state index in [1.165, 1.54) is 28.0 Å². The monoisotopic (exact) mass is 365 g/mol. The van der Waals surface area contributed by atoms with Crippen molar-refractivity contribution in [2.75, 3.05) is 11.9 Å². The van der Waals surface area contributed by atoms with Gasteiger partial charge in [0.25, 0.3) is 0 Å². The highest BCUT2D eigenvalue weighted by molar-refractivity contribution is 7.14. The number of anilines is 1. The fourth-order valence-electron chi connectivity index (χ4n) is 2.84. The first-order valence-electron chi connectivity index (χ1n) is 8.74. The van der Waals surface area contributed by atoms with Crippen LogP contribution in [0.4, 0.5) is 9.93 Å². The first-order valence-corrected chi connectivity index (χ1v) is 9.62. The van der Waals surface area contributed by atoms with Crippen molar-refractivity contribution in [3.8, 4) is 11.3 Å². The van der Waals surface area contributed by atoms with Gasteiger partial charge in [0.05, 0.1) is 5.69 Å². The van der Waals surface area contributed by atoms with Gasteiger partial charge in [-0.15, -0.1) is 11.3 Å². The van der Waals surface area contributed by atoms with Gasteiger partial charge in [0.15, 0.2) is 5.13 Å². The molecule has 5 heteroatoms. The van der Waals surface area contributed by atoms with Crippen molar-refractivity contribution in [1.82, 2.24) is 10.3 Å². The van der Waals surface area contributed by atoms with Gasteiger partial charge in [-0.1, -0.05) is 54.1 Å². The Bertz CT molecular complexity index is 874. The first-order chi connectivity index (χ1) is 12.6. The van der Waals surface area contributed by atoms with Crippen molar-refractivity contribution in [1.29, 1.82) is 0 Å². The smallest absolute Gasteiger partial charge is 0.321 e. The van der Waals surface area contributed by atoms with Crippen molar-refractivity contribution in [3.05, 3.63) is 70.6 Å². The lowest BCUT2D eigenvalue weighted by Crippen LogP contribution is -2.29. The minimum Gasteiger partial charge on any atom is -0.338 e. The lowest BCUT2D eigenvalue weighted by Gasteiger charge is -2.06. The lowest BCUT2D eigenvalue weighted by atomic mass is 10.0. The summed E-state index contributed by atoms with van der Waals surface area (Å²) in [5, 5.41) is 8.29. The summed E-state index contributed by atoms with van der Waals surface area (Å²) in [5.74, 6) is 0. The normalized spacial score (nSPS) is 10.5. The molecule has 134 valence electrons. The number of carbonyl (C=O) groups is 1. The van der Waals surface area contributed by atoms with Crippen LogP contribution in [0.15, 0.2) is 53.9 Å². The van der Waals surface area contributed by atoms with Crippen LogP contribution in [0.1, 0.15) is 23.1 Å². The molecule has 3 aromatic rings. The number of thiazole rings is 1. The van der Waals surface area contributed by atoms with Gasteiger partial charge in [0, 0.05) is 17.5 Å². The average Bonchev–Trinajstić information content (AvgIpc) is 3.07. The summed E-state index contributed by atoms with van der Waals surface area (Å²) in [5.41, 5.74) is 5.70. The van der Waals surface area contributed by atoms with Crippen LogP contribution >= 0.6 is 11.3 Å². The lowest BCUT2D eigenvalue weighted by molar-refractivity contribution is 0.252. The van der Waals surface area contributed by atoms with Crippen LogP contribution in [0.2, 0.25) is 0 Å². The molecule has 4 nitrogen and oxygen atoms in total. The number of aryl methyl sites for hydroxylation is 3. The Labute approximate surface area is 158 Å². The molecule has 0 radical (unpaired) electrons. The van der Waals surface area contributed by atoms with Gasteiger partial charge in [0.2, 0.25) is 0 Å². The maximum absolute atomic E-state index is 12.0. The van der Waals surface area contributed by atoms with Gasteiger partial charge in [-0.2, -0.15) is 0 Å². The minimum absolute atomic E-state index is 0.209. The number of aromatic nitrogens is 1. The number of benzene rings is 2. The molecule has 0 spiro atoms. The number of amides is 2. The largest absolute Gasteiger partial charge is 0.338 e. The highest BCUT2D eigenvalue weighted by atomic mass is 32.1. The number of urea groups is 1. The van der Waals surface area contributed by atoms with Crippen molar-refractivity contribution in [2.45, 2.75) is 26.7 Å². The predicted molar refractivity (Wildman–Crippen MR) is 109 cm³/mol. The molecule has 2 aromatic carbocycles. The molecule has 0 fully saturated rings. The molecule has 2 amide bonds. The van der Waals surface area contributed by atoms with Crippen molar-refractivity contribution in [3.63, 3.8) is 0 Å². The summed E-state index contributed by atoms with van der Waals surface area (Å²) < 4.78 is 0. The van der Waals surface area contributed by atoms with E-state index < -0.39 is 0 Å². The van der Waals surface area contributed by atoms with E-state index in [-0.39, 0.29) is 6.03 Å². The van der Waals surface area contributed by atoms with E-state index in [0.29, 0.717) is 11.7 Å². The molecular weight excluding hydrogens is 342 g/mol. The fraction of sp³-hybridized carbons (Fsp3) is 0.238. The SMILES string of the molecule is Cc1ccc(-c2csc(NC(=O)NCCCc3ccccc3)n2)c(C)c1. The Morgan fingerprint density at radius 1 is 1.12 bits per heavy atom. The van der Waals surface area contributed by atoms with E-state index in [2.05, 4.69) is 59.8 Å². The van der Waals surface area contributed by atoms with E-state index in [0.717, 1.165) is 24.1 Å². The molecule has 3 rings (SSSR count). The molecule has 26 heavy (non-hydrogen) atoms. The molecule has 1 heterocycles. The molecule has 0 unspecified atom stereocenters. The van der Waals surface area contributed by atoms with E-state index in [1.807, 2.05) is 23.6 Å². The molecule has 2 N–H and O–H groups in total. The van der Waals surface area contributed by atoms with Crippen molar-refractivity contribution >= 4 is 22.5 Å². The van der Waals surface area contributed by atoms with E-state index in [4.69, 9.17) is 0 Å². The third-order valence-electron chi connectivity index (χ3n) is 4.15. The number of hydrogen-bond acceptors (Lipinski definition) is 3. The van der Waals surface area contributed by atoms with Gasteiger partial charge >= 0.3 is 6.03 Å². The van der Waals surface area contributed by atoms with Gasteiger partial charge < -0.3 is 5.32 Å². The van der Waals surface area contributed by atoms with Crippen LogP contribution in [-0.2, 0) is 6.42 Å². The molecule has 0 bridgehead atoms. The van der Waals surface area contributed by atoms with Crippen LogP contribution in [0.5, 0.6) is 0 Å². The number of nitrogens with zero attached hydrogens (tertiary/aromatic N) is 1. The van der Waals surface area contributed by atoms with Crippen LogP contribution in [-0.4, -0.2) is 17.6 Å². The van der Waals surface area contributed by atoms with Crippen LogP contribution in [0.3, 0.4) is 0 Å². The molecule has 0 aliphatic heterocycles. The summed E-state index contributed by atoms with van der Waals surface area (Å²) in [6, 6.07) is 16.4. The minimum atomic E-state index is -0.209. The molecule has 0 saturated carbocycles. The Hall–Kier alpha value is -2.66. The summed E-state index contributed by atoms with van der Waals surface area (Å²) in [7, 11) is 0. The highest BCUT2D eigenvalue weighted by Gasteiger charge is 2.09. The second-order valence-electron chi connectivity index (χ2n) is 6.33. The Kier molecular flexibility index (Phi) is 6.02. The Morgan fingerprint density at radius 2 is 1.92 bits per heavy atom. The number of hydrogen-bond donors (Lipinski definition) is 2. The summed E-state index contributed by atoms with van der Waals surface area (Å²) in [4.78, 5) is 16.6. The van der Waals surface area contributed by atoms with E-state index >= 15 is 0 Å². The quantitative estimate of drug-likeness (QED) is 0.591. The zero-order chi connectivity index (χ0) is 18.4. The maximum atomic E-state index is 12.0.